The molecule has 0 radical (unpaired) electrons. The highest BCUT2D eigenvalue weighted by molar-refractivity contribution is 8.00. The summed E-state index contributed by atoms with van der Waals surface area (Å²) in [7, 11) is 1.58. The van der Waals surface area contributed by atoms with Crippen LogP contribution in [0.5, 0.6) is 5.75 Å². The van der Waals surface area contributed by atoms with E-state index >= 15 is 0 Å². The number of amides is 3. The van der Waals surface area contributed by atoms with E-state index in [1.165, 1.54) is 34.1 Å². The highest BCUT2D eigenvalue weighted by Gasteiger charge is 2.26. The summed E-state index contributed by atoms with van der Waals surface area (Å²) in [6.07, 6.45) is 4.32. The quantitative estimate of drug-likeness (QED) is 0.0922. The van der Waals surface area contributed by atoms with Crippen molar-refractivity contribution in [2.24, 2.45) is 5.92 Å². The van der Waals surface area contributed by atoms with Gasteiger partial charge in [0.15, 0.2) is 0 Å². The van der Waals surface area contributed by atoms with Crippen LogP contribution in [0.25, 0.3) is 17.4 Å². The summed E-state index contributed by atoms with van der Waals surface area (Å²) >= 11 is 2.88. The van der Waals surface area contributed by atoms with Crippen molar-refractivity contribution in [1.82, 2.24) is 5.32 Å². The van der Waals surface area contributed by atoms with Gasteiger partial charge >= 0.3 is 0 Å². The molecule has 0 aliphatic heterocycles. The zero-order valence-electron chi connectivity index (χ0n) is 28.3. The molecule has 258 valence electrons. The van der Waals surface area contributed by atoms with Crippen LogP contribution in [0.4, 0.5) is 10.7 Å². The van der Waals surface area contributed by atoms with Crippen LogP contribution in [0.2, 0.25) is 0 Å². The lowest BCUT2D eigenvalue weighted by atomic mass is 9.89. The molecule has 0 bridgehead atoms. The second-order valence-corrected chi connectivity index (χ2v) is 14.7. The number of fused-ring (bicyclic) bond motifs is 1. The highest BCUT2D eigenvalue weighted by atomic mass is 32.2. The number of ether oxygens (including phenoxy) is 1. The average molecular weight is 717 g/mol. The normalized spacial score (nSPS) is 14.5. The molecule has 0 unspecified atom stereocenters. The Labute approximate surface area is 304 Å². The molecule has 1 aliphatic rings. The number of anilines is 2. The molecular formula is C40H36N4O5S2. The first-order valence-corrected chi connectivity index (χ1v) is 18.2. The highest BCUT2D eigenvalue weighted by Crippen LogP contribution is 2.40. The summed E-state index contributed by atoms with van der Waals surface area (Å²) < 4.78 is 11.5. The number of hydrogen-bond acceptors (Lipinski definition) is 8. The Bertz CT molecular complexity index is 2130. The summed E-state index contributed by atoms with van der Waals surface area (Å²) in [5.41, 5.74) is 3.28. The number of furan rings is 1. The minimum atomic E-state index is -0.552. The molecule has 0 spiro atoms. The van der Waals surface area contributed by atoms with Crippen LogP contribution >= 0.6 is 23.1 Å². The fourth-order valence-corrected chi connectivity index (χ4v) is 7.98. The molecule has 6 rings (SSSR count). The topological polar surface area (TPSA) is 133 Å². The number of carbonyl (C=O) groups is 3. The predicted octanol–water partition coefficient (Wildman–Crippen LogP) is 8.54. The molecule has 0 fully saturated rings. The molecule has 0 saturated carbocycles. The van der Waals surface area contributed by atoms with E-state index in [9.17, 15) is 19.6 Å². The number of carbonyl (C=O) groups excluding carboxylic acids is 3. The Morgan fingerprint density at radius 3 is 2.49 bits per heavy atom. The van der Waals surface area contributed by atoms with Crippen molar-refractivity contribution < 1.29 is 23.5 Å². The van der Waals surface area contributed by atoms with Crippen molar-refractivity contribution in [2.45, 2.75) is 43.3 Å². The summed E-state index contributed by atoms with van der Waals surface area (Å²) in [4.78, 5) is 41.9. The Kier molecular flexibility index (Phi) is 11.0. The second-order valence-electron chi connectivity index (χ2n) is 12.2. The molecular weight excluding hydrogens is 681 g/mol. The molecule has 5 aromatic rings. The van der Waals surface area contributed by atoms with Crippen LogP contribution in [0.1, 0.15) is 52.4 Å². The van der Waals surface area contributed by atoms with Crippen LogP contribution in [-0.2, 0) is 22.4 Å². The van der Waals surface area contributed by atoms with Crippen LogP contribution in [0.3, 0.4) is 0 Å². The van der Waals surface area contributed by atoms with Gasteiger partial charge in [0.2, 0.25) is 5.91 Å². The van der Waals surface area contributed by atoms with Gasteiger partial charge < -0.3 is 25.1 Å². The standard InChI is InChI=1S/C40H36N4O5S2/c1-24-13-19-30-32(23-41)40(51-36(30)21-24)44-37(45)25(2)50-29-17-14-27(15-18-29)42-39(47)33(43-38(46)26-9-5-4-6-10-26)22-28-16-20-35(49-28)31-11-7-8-12-34(31)48-3/h4-12,14-18,20,22,24-25H,13,19,21H2,1-3H3,(H,42,47)(H,43,46)(H,44,45)/b33-22+/t24-,25-/m1/s1. The van der Waals surface area contributed by atoms with Crippen molar-refractivity contribution in [1.29, 1.82) is 5.26 Å². The maximum atomic E-state index is 13.6. The largest absolute Gasteiger partial charge is 0.496 e. The van der Waals surface area contributed by atoms with Crippen LogP contribution in [0.15, 0.2) is 106 Å². The molecule has 11 heteroatoms. The summed E-state index contributed by atoms with van der Waals surface area (Å²) in [5.74, 6) is 0.912. The van der Waals surface area contributed by atoms with E-state index < -0.39 is 17.1 Å². The lowest BCUT2D eigenvalue weighted by Crippen LogP contribution is -2.30. The Morgan fingerprint density at radius 2 is 1.75 bits per heavy atom. The molecule has 9 nitrogen and oxygen atoms in total. The number of nitrogens with zero attached hydrogens (tertiary/aromatic N) is 1. The minimum absolute atomic E-state index is 0.0185. The Balaban J connectivity index is 1.14. The number of methoxy groups -OCH3 is 1. The number of hydrogen-bond donors (Lipinski definition) is 3. The number of nitriles is 1. The van der Waals surface area contributed by atoms with E-state index in [4.69, 9.17) is 9.15 Å². The maximum Gasteiger partial charge on any atom is 0.272 e. The van der Waals surface area contributed by atoms with Crippen molar-refractivity contribution in [3.8, 4) is 23.1 Å². The van der Waals surface area contributed by atoms with Crippen molar-refractivity contribution in [2.75, 3.05) is 17.7 Å². The van der Waals surface area contributed by atoms with Gasteiger partial charge in [-0.25, -0.2) is 0 Å². The monoisotopic (exact) mass is 716 g/mol. The van der Waals surface area contributed by atoms with E-state index in [0.717, 1.165) is 35.3 Å². The number of para-hydroxylation sites is 1. The minimum Gasteiger partial charge on any atom is -0.496 e. The van der Waals surface area contributed by atoms with E-state index in [1.54, 1.807) is 61.7 Å². The van der Waals surface area contributed by atoms with Crippen molar-refractivity contribution in [3.63, 3.8) is 0 Å². The first-order valence-electron chi connectivity index (χ1n) is 16.5. The molecule has 2 atom stereocenters. The number of nitrogens with one attached hydrogen (secondary N) is 3. The number of thioether (sulfide) groups is 1. The number of rotatable bonds is 11. The van der Waals surface area contributed by atoms with Gasteiger partial charge in [-0.15, -0.1) is 23.1 Å². The van der Waals surface area contributed by atoms with Gasteiger partial charge in [0, 0.05) is 27.1 Å². The van der Waals surface area contributed by atoms with Gasteiger partial charge in [-0.05, 0) is 98.3 Å². The van der Waals surface area contributed by atoms with Crippen LogP contribution in [-0.4, -0.2) is 30.1 Å². The van der Waals surface area contributed by atoms with Crippen molar-refractivity contribution >= 4 is 57.6 Å². The summed E-state index contributed by atoms with van der Waals surface area (Å²) in [6, 6.07) is 28.9. The lowest BCUT2D eigenvalue weighted by Gasteiger charge is -2.17. The van der Waals surface area contributed by atoms with Gasteiger partial charge in [0.25, 0.3) is 11.8 Å². The third kappa shape index (κ3) is 8.43. The maximum absolute atomic E-state index is 13.6. The zero-order valence-corrected chi connectivity index (χ0v) is 30.0. The van der Waals surface area contributed by atoms with Crippen LogP contribution in [0, 0.1) is 17.2 Å². The first-order chi connectivity index (χ1) is 24.7. The van der Waals surface area contributed by atoms with E-state index in [2.05, 4.69) is 28.9 Å². The third-order valence-electron chi connectivity index (χ3n) is 8.47. The molecule has 3 amide bonds. The lowest BCUT2D eigenvalue weighted by molar-refractivity contribution is -0.115. The van der Waals surface area contributed by atoms with Gasteiger partial charge in [0.1, 0.15) is 34.0 Å². The number of benzene rings is 3. The fraction of sp³-hybridized carbons (Fsp3) is 0.200. The fourth-order valence-electron chi connectivity index (χ4n) is 5.75. The Morgan fingerprint density at radius 1 is 1.00 bits per heavy atom. The third-order valence-corrected chi connectivity index (χ3v) is 10.8. The van der Waals surface area contributed by atoms with Crippen molar-refractivity contribution in [3.05, 3.63) is 124 Å². The molecule has 51 heavy (non-hydrogen) atoms. The van der Waals surface area contributed by atoms with E-state index in [0.29, 0.717) is 45.0 Å². The predicted molar refractivity (Wildman–Crippen MR) is 202 cm³/mol. The van der Waals surface area contributed by atoms with E-state index in [1.807, 2.05) is 43.3 Å². The molecule has 2 heterocycles. The van der Waals surface area contributed by atoms with Gasteiger partial charge in [-0.2, -0.15) is 5.26 Å². The second kappa shape index (κ2) is 16.0. The average Bonchev–Trinajstić information content (AvgIpc) is 3.75. The van der Waals surface area contributed by atoms with Crippen LogP contribution < -0.4 is 20.7 Å². The van der Waals surface area contributed by atoms with E-state index in [-0.39, 0.29) is 11.6 Å². The zero-order chi connectivity index (χ0) is 35.9. The number of thiophene rings is 1. The van der Waals surface area contributed by atoms with Gasteiger partial charge in [-0.1, -0.05) is 37.3 Å². The SMILES string of the molecule is COc1ccccc1-c1ccc(/C=C(/NC(=O)c2ccccc2)C(=O)Nc2ccc(S[C@H](C)C(=O)Nc3sc4c(c3C#N)CC[C@@H](C)C4)cc2)o1. The molecule has 3 aromatic carbocycles. The molecule has 2 aromatic heterocycles. The molecule has 0 saturated heterocycles. The summed E-state index contributed by atoms with van der Waals surface area (Å²) in [6.45, 7) is 4.03. The van der Waals surface area contributed by atoms with Gasteiger partial charge in [0.05, 0.1) is 23.5 Å². The first kappa shape index (κ1) is 35.3. The van der Waals surface area contributed by atoms with Gasteiger partial charge in [-0.3, -0.25) is 14.4 Å². The molecule has 1 aliphatic carbocycles. The Hall–Kier alpha value is -5.57. The summed E-state index contributed by atoms with van der Waals surface area (Å²) in [5, 5.41) is 18.6. The molecule has 3 N–H and O–H groups in total. The smallest absolute Gasteiger partial charge is 0.272 e.